The van der Waals surface area contributed by atoms with Crippen molar-refractivity contribution in [3.05, 3.63) is 0 Å². The molecule has 0 radical (unpaired) electrons. The first-order chi connectivity index (χ1) is 7.25. The van der Waals surface area contributed by atoms with Crippen molar-refractivity contribution in [3.63, 3.8) is 0 Å². The Kier molecular flexibility index (Phi) is 7.44. The van der Waals surface area contributed by atoms with Gasteiger partial charge in [-0.25, -0.2) is 8.51 Å². The maximum Gasteiger partial charge on any atom is 0.234 e. The molecule has 1 N–H and O–H groups in total. The Balaban J connectivity index is 4.34. The van der Waals surface area contributed by atoms with Gasteiger partial charge in [0.05, 0.1) is 0 Å². The fourth-order valence-corrected chi connectivity index (χ4v) is 1.99. The zero-order valence-corrected chi connectivity index (χ0v) is 12.3. The minimum atomic E-state index is -1.84. The summed E-state index contributed by atoms with van der Waals surface area (Å²) in [5, 5.41) is 0. The molecule has 0 aromatic carbocycles. The lowest BCUT2D eigenvalue weighted by atomic mass is 9.96. The van der Waals surface area contributed by atoms with E-state index < -0.39 is 11.3 Å². The zero-order valence-electron chi connectivity index (χ0n) is 11.4. The van der Waals surface area contributed by atoms with E-state index in [0.29, 0.717) is 36.8 Å². The Hall–Kier alpha value is 0.0700. The van der Waals surface area contributed by atoms with Crippen molar-refractivity contribution in [2.24, 2.45) is 23.7 Å². The van der Waals surface area contributed by atoms with Gasteiger partial charge in [0.2, 0.25) is 11.3 Å². The SMILES string of the molecule is CC(C)C(C)CN(CC(C)C(C)C)S(=O)O. The van der Waals surface area contributed by atoms with Crippen molar-refractivity contribution in [2.45, 2.75) is 41.5 Å². The molecular weight excluding hydrogens is 222 g/mol. The smallest absolute Gasteiger partial charge is 0.234 e. The van der Waals surface area contributed by atoms with Gasteiger partial charge in [-0.2, -0.15) is 0 Å². The Morgan fingerprint density at radius 3 is 1.44 bits per heavy atom. The lowest BCUT2D eigenvalue weighted by Gasteiger charge is -2.27. The molecule has 0 saturated heterocycles. The van der Waals surface area contributed by atoms with E-state index in [1.54, 1.807) is 4.31 Å². The van der Waals surface area contributed by atoms with Gasteiger partial charge in [-0.05, 0) is 23.7 Å². The largest absolute Gasteiger partial charge is 0.294 e. The molecule has 0 aliphatic heterocycles. The van der Waals surface area contributed by atoms with E-state index in [1.807, 2.05) is 0 Å². The zero-order chi connectivity index (χ0) is 12.9. The van der Waals surface area contributed by atoms with Crippen LogP contribution in [0.2, 0.25) is 0 Å². The molecule has 0 amide bonds. The molecule has 0 aliphatic rings. The highest BCUT2D eigenvalue weighted by atomic mass is 32.2. The Bertz CT molecular complexity index is 203. The highest BCUT2D eigenvalue weighted by Crippen LogP contribution is 2.16. The van der Waals surface area contributed by atoms with Crippen molar-refractivity contribution in [1.82, 2.24) is 4.31 Å². The average molecular weight is 249 g/mol. The first-order valence-corrected chi connectivity index (χ1v) is 7.18. The molecular formula is C12H27NO2S. The fraction of sp³-hybridized carbons (Fsp3) is 1.00. The molecule has 3 unspecified atom stereocenters. The van der Waals surface area contributed by atoms with Crippen LogP contribution in [-0.4, -0.2) is 26.2 Å². The summed E-state index contributed by atoms with van der Waals surface area (Å²) in [6, 6.07) is 0. The van der Waals surface area contributed by atoms with Crippen LogP contribution in [0.5, 0.6) is 0 Å². The summed E-state index contributed by atoms with van der Waals surface area (Å²) in [7, 11) is 0. The maximum absolute atomic E-state index is 11.3. The second-order valence-corrected chi connectivity index (χ2v) is 6.50. The van der Waals surface area contributed by atoms with Crippen molar-refractivity contribution in [2.75, 3.05) is 13.1 Å². The van der Waals surface area contributed by atoms with E-state index in [-0.39, 0.29) is 0 Å². The number of hydrogen-bond donors (Lipinski definition) is 1. The molecule has 0 fully saturated rings. The third-order valence-corrected chi connectivity index (χ3v) is 4.22. The molecule has 4 heteroatoms. The van der Waals surface area contributed by atoms with Crippen LogP contribution >= 0.6 is 0 Å². The minimum absolute atomic E-state index is 0.440. The number of rotatable bonds is 7. The van der Waals surface area contributed by atoms with E-state index in [9.17, 15) is 8.76 Å². The third kappa shape index (κ3) is 5.97. The van der Waals surface area contributed by atoms with Crippen LogP contribution in [0.3, 0.4) is 0 Å². The molecule has 98 valence electrons. The fourth-order valence-electron chi connectivity index (χ4n) is 1.27. The second-order valence-electron chi connectivity index (χ2n) is 5.52. The Morgan fingerprint density at radius 1 is 0.938 bits per heavy atom. The van der Waals surface area contributed by atoms with Crippen LogP contribution in [0.1, 0.15) is 41.5 Å². The van der Waals surface area contributed by atoms with Gasteiger partial charge in [0.1, 0.15) is 0 Å². The summed E-state index contributed by atoms with van der Waals surface area (Å²) in [5.41, 5.74) is 0. The van der Waals surface area contributed by atoms with Crippen molar-refractivity contribution >= 4 is 11.3 Å². The molecule has 3 atom stereocenters. The van der Waals surface area contributed by atoms with E-state index in [0.717, 1.165) is 0 Å². The van der Waals surface area contributed by atoms with Crippen LogP contribution in [0.25, 0.3) is 0 Å². The summed E-state index contributed by atoms with van der Waals surface area (Å²) < 4.78 is 22.2. The van der Waals surface area contributed by atoms with Gasteiger partial charge in [-0.15, -0.1) is 0 Å². The lowest BCUT2D eigenvalue weighted by molar-refractivity contribution is 0.252. The molecule has 0 heterocycles. The third-order valence-electron chi connectivity index (χ3n) is 3.48. The van der Waals surface area contributed by atoms with Crippen LogP contribution in [0, 0.1) is 23.7 Å². The van der Waals surface area contributed by atoms with Gasteiger partial charge >= 0.3 is 0 Å². The van der Waals surface area contributed by atoms with E-state index in [1.165, 1.54) is 0 Å². The van der Waals surface area contributed by atoms with Crippen LogP contribution in [0.4, 0.5) is 0 Å². The Labute approximate surface area is 103 Å². The van der Waals surface area contributed by atoms with Crippen LogP contribution < -0.4 is 0 Å². The van der Waals surface area contributed by atoms with Gasteiger partial charge < -0.3 is 0 Å². The highest BCUT2D eigenvalue weighted by Gasteiger charge is 2.20. The predicted octanol–water partition coefficient (Wildman–Crippen LogP) is 3.01. The molecule has 0 spiro atoms. The van der Waals surface area contributed by atoms with Crippen molar-refractivity contribution < 1.29 is 8.76 Å². The predicted molar refractivity (Wildman–Crippen MR) is 70.3 cm³/mol. The normalized spacial score (nSPS) is 18.1. The van der Waals surface area contributed by atoms with Gasteiger partial charge in [-0.3, -0.25) is 4.55 Å². The molecule has 0 aromatic heterocycles. The average Bonchev–Trinajstić information content (AvgIpc) is 2.15. The van der Waals surface area contributed by atoms with E-state index in [4.69, 9.17) is 0 Å². The monoisotopic (exact) mass is 249 g/mol. The molecule has 0 saturated carbocycles. The maximum atomic E-state index is 11.3. The van der Waals surface area contributed by atoms with Crippen LogP contribution in [0.15, 0.2) is 0 Å². The molecule has 0 rings (SSSR count). The van der Waals surface area contributed by atoms with Crippen molar-refractivity contribution in [3.8, 4) is 0 Å². The summed E-state index contributed by atoms with van der Waals surface area (Å²) >= 11 is -1.84. The van der Waals surface area contributed by atoms with Gasteiger partial charge in [0.15, 0.2) is 0 Å². The van der Waals surface area contributed by atoms with Gasteiger partial charge in [-0.1, -0.05) is 41.5 Å². The lowest BCUT2D eigenvalue weighted by Crippen LogP contribution is -2.36. The van der Waals surface area contributed by atoms with E-state index in [2.05, 4.69) is 41.5 Å². The number of hydrogen-bond acceptors (Lipinski definition) is 1. The topological polar surface area (TPSA) is 40.5 Å². The van der Waals surface area contributed by atoms with Gasteiger partial charge in [0.25, 0.3) is 0 Å². The van der Waals surface area contributed by atoms with E-state index >= 15 is 0 Å². The van der Waals surface area contributed by atoms with Crippen LogP contribution in [-0.2, 0) is 11.3 Å². The van der Waals surface area contributed by atoms with Gasteiger partial charge in [0, 0.05) is 13.1 Å². The standard InChI is InChI=1S/C12H27NO2S/c1-9(2)11(5)7-13(16(14)15)8-12(6)10(3)4/h9-12H,7-8H2,1-6H3,(H,14,15). The summed E-state index contributed by atoms with van der Waals surface area (Å²) in [6.45, 7) is 14.2. The summed E-state index contributed by atoms with van der Waals surface area (Å²) in [6.07, 6.45) is 0. The molecule has 3 nitrogen and oxygen atoms in total. The first-order valence-electron chi connectivity index (χ1n) is 6.11. The minimum Gasteiger partial charge on any atom is -0.294 e. The molecule has 0 aliphatic carbocycles. The molecule has 16 heavy (non-hydrogen) atoms. The Morgan fingerprint density at radius 2 is 1.25 bits per heavy atom. The summed E-state index contributed by atoms with van der Waals surface area (Å²) in [5.74, 6) is 1.96. The second kappa shape index (κ2) is 7.41. The summed E-state index contributed by atoms with van der Waals surface area (Å²) in [4.78, 5) is 0. The highest BCUT2D eigenvalue weighted by molar-refractivity contribution is 7.76. The molecule has 0 aromatic rings. The van der Waals surface area contributed by atoms with Crippen molar-refractivity contribution in [1.29, 1.82) is 0 Å². The quantitative estimate of drug-likeness (QED) is 0.705. The first kappa shape index (κ1) is 16.1. The number of nitrogens with zero attached hydrogens (tertiary/aromatic N) is 1. The molecule has 0 bridgehead atoms.